The number of carbonyl (C=O) groups is 2. The second-order valence-corrected chi connectivity index (χ2v) is 8.26. The summed E-state index contributed by atoms with van der Waals surface area (Å²) in [5, 5.41) is 8.05. The summed E-state index contributed by atoms with van der Waals surface area (Å²) in [7, 11) is -3.61. The Hall–Kier alpha value is -2.29. The standard InChI is InChI=1S/C17H26N4O4S/c1-13(22)19-15-8-5-9-16(12-15)21-26(24,25)11-10-18-17(23)20-14-6-3-2-4-7-14/h5,8-9,12,14,21H,2-4,6-7,10-11H2,1H3,(H,19,22)(H2,18,20,23). The second kappa shape index (κ2) is 9.42. The Morgan fingerprint density at radius 1 is 1.12 bits per heavy atom. The third-order valence-corrected chi connectivity index (χ3v) is 5.34. The van der Waals surface area contributed by atoms with Crippen molar-refractivity contribution >= 4 is 33.3 Å². The number of sulfonamides is 1. The summed E-state index contributed by atoms with van der Waals surface area (Å²) in [6, 6.07) is 6.26. The third-order valence-electron chi connectivity index (χ3n) is 4.05. The van der Waals surface area contributed by atoms with Gasteiger partial charge in [-0.1, -0.05) is 25.3 Å². The Kier molecular flexibility index (Phi) is 7.26. The number of anilines is 2. The van der Waals surface area contributed by atoms with Crippen molar-refractivity contribution in [3.8, 4) is 0 Å². The van der Waals surface area contributed by atoms with Crippen LogP contribution in [-0.4, -0.2) is 38.7 Å². The normalized spacial score (nSPS) is 15.1. The molecule has 0 bridgehead atoms. The highest BCUT2D eigenvalue weighted by Crippen LogP contribution is 2.17. The minimum Gasteiger partial charge on any atom is -0.337 e. The maximum atomic E-state index is 12.1. The molecule has 0 spiro atoms. The van der Waals surface area contributed by atoms with E-state index in [2.05, 4.69) is 20.7 Å². The molecule has 26 heavy (non-hydrogen) atoms. The number of nitrogens with one attached hydrogen (secondary N) is 4. The highest BCUT2D eigenvalue weighted by atomic mass is 32.2. The van der Waals surface area contributed by atoms with E-state index >= 15 is 0 Å². The van der Waals surface area contributed by atoms with Crippen LogP contribution in [0.25, 0.3) is 0 Å². The highest BCUT2D eigenvalue weighted by Gasteiger charge is 2.16. The zero-order valence-electron chi connectivity index (χ0n) is 14.9. The zero-order valence-corrected chi connectivity index (χ0v) is 15.7. The topological polar surface area (TPSA) is 116 Å². The Labute approximate surface area is 154 Å². The van der Waals surface area contributed by atoms with Gasteiger partial charge in [-0.05, 0) is 31.0 Å². The van der Waals surface area contributed by atoms with Crippen molar-refractivity contribution in [2.24, 2.45) is 0 Å². The van der Waals surface area contributed by atoms with Gasteiger partial charge in [0.2, 0.25) is 15.9 Å². The van der Waals surface area contributed by atoms with Gasteiger partial charge in [0.15, 0.2) is 0 Å². The molecule has 1 fully saturated rings. The molecule has 1 aliphatic rings. The van der Waals surface area contributed by atoms with Crippen molar-refractivity contribution in [2.75, 3.05) is 22.3 Å². The number of benzene rings is 1. The molecule has 1 aromatic carbocycles. The summed E-state index contributed by atoms with van der Waals surface area (Å²) in [5.41, 5.74) is 0.852. The fourth-order valence-electron chi connectivity index (χ4n) is 2.88. The van der Waals surface area contributed by atoms with Gasteiger partial charge in [-0.15, -0.1) is 0 Å². The molecular formula is C17H26N4O4S. The lowest BCUT2D eigenvalue weighted by Crippen LogP contribution is -2.44. The Bertz CT molecular complexity index is 730. The molecule has 144 valence electrons. The largest absolute Gasteiger partial charge is 0.337 e. The number of carbonyl (C=O) groups excluding carboxylic acids is 2. The molecule has 3 amide bonds. The number of rotatable bonds is 7. The van der Waals surface area contributed by atoms with E-state index in [1.54, 1.807) is 18.2 Å². The Morgan fingerprint density at radius 2 is 1.81 bits per heavy atom. The molecular weight excluding hydrogens is 356 g/mol. The molecule has 1 saturated carbocycles. The van der Waals surface area contributed by atoms with Gasteiger partial charge in [0.05, 0.1) is 11.4 Å². The van der Waals surface area contributed by atoms with E-state index in [1.165, 1.54) is 19.4 Å². The Morgan fingerprint density at radius 3 is 2.50 bits per heavy atom. The quantitative estimate of drug-likeness (QED) is 0.577. The van der Waals surface area contributed by atoms with Crippen molar-refractivity contribution in [1.82, 2.24) is 10.6 Å². The van der Waals surface area contributed by atoms with E-state index < -0.39 is 10.0 Å². The van der Waals surface area contributed by atoms with Crippen LogP contribution in [0, 0.1) is 0 Å². The number of amides is 3. The maximum absolute atomic E-state index is 12.1. The molecule has 2 rings (SSSR count). The van der Waals surface area contributed by atoms with Gasteiger partial charge in [0, 0.05) is 25.2 Å². The van der Waals surface area contributed by atoms with E-state index in [0.29, 0.717) is 11.4 Å². The fraction of sp³-hybridized carbons (Fsp3) is 0.529. The van der Waals surface area contributed by atoms with Crippen LogP contribution >= 0.6 is 0 Å². The first-order valence-electron chi connectivity index (χ1n) is 8.76. The lowest BCUT2D eigenvalue weighted by atomic mass is 9.96. The smallest absolute Gasteiger partial charge is 0.315 e. The van der Waals surface area contributed by atoms with Crippen LogP contribution in [-0.2, 0) is 14.8 Å². The molecule has 8 nitrogen and oxygen atoms in total. The minimum atomic E-state index is -3.61. The van der Waals surface area contributed by atoms with Gasteiger partial charge in [0.1, 0.15) is 0 Å². The van der Waals surface area contributed by atoms with E-state index in [0.717, 1.165) is 25.7 Å². The zero-order chi connectivity index (χ0) is 19.0. The molecule has 0 aliphatic heterocycles. The van der Waals surface area contributed by atoms with Gasteiger partial charge < -0.3 is 16.0 Å². The predicted molar refractivity (Wildman–Crippen MR) is 102 cm³/mol. The lowest BCUT2D eigenvalue weighted by Gasteiger charge is -2.22. The first kappa shape index (κ1) is 20.0. The molecule has 0 radical (unpaired) electrons. The van der Waals surface area contributed by atoms with Crippen LogP contribution in [0.4, 0.5) is 16.2 Å². The molecule has 0 unspecified atom stereocenters. The molecule has 0 atom stereocenters. The van der Waals surface area contributed by atoms with Crippen molar-refractivity contribution in [3.63, 3.8) is 0 Å². The molecule has 1 aromatic rings. The van der Waals surface area contributed by atoms with Crippen LogP contribution in [0.15, 0.2) is 24.3 Å². The predicted octanol–water partition coefficient (Wildman–Crippen LogP) is 2.02. The molecule has 1 aliphatic carbocycles. The van der Waals surface area contributed by atoms with Gasteiger partial charge >= 0.3 is 6.03 Å². The van der Waals surface area contributed by atoms with E-state index in [-0.39, 0.29) is 30.3 Å². The first-order chi connectivity index (χ1) is 12.3. The summed E-state index contributed by atoms with van der Waals surface area (Å²) in [6.45, 7) is 1.39. The van der Waals surface area contributed by atoms with E-state index in [1.807, 2.05) is 0 Å². The fourth-order valence-corrected chi connectivity index (χ4v) is 3.84. The second-order valence-electron chi connectivity index (χ2n) is 6.42. The maximum Gasteiger partial charge on any atom is 0.315 e. The summed E-state index contributed by atoms with van der Waals surface area (Å²) >= 11 is 0. The third kappa shape index (κ3) is 7.30. The number of hydrogen-bond acceptors (Lipinski definition) is 4. The van der Waals surface area contributed by atoms with Gasteiger partial charge in [-0.2, -0.15) is 0 Å². The highest BCUT2D eigenvalue weighted by molar-refractivity contribution is 7.92. The average molecular weight is 382 g/mol. The molecule has 0 aromatic heterocycles. The lowest BCUT2D eigenvalue weighted by molar-refractivity contribution is -0.114. The number of hydrogen-bond donors (Lipinski definition) is 4. The van der Waals surface area contributed by atoms with Gasteiger partial charge in [0.25, 0.3) is 0 Å². The summed E-state index contributed by atoms with van der Waals surface area (Å²) in [4.78, 5) is 22.9. The molecule has 0 saturated heterocycles. The minimum absolute atomic E-state index is 0.0132. The van der Waals surface area contributed by atoms with E-state index in [4.69, 9.17) is 0 Å². The van der Waals surface area contributed by atoms with Crippen LogP contribution in [0.3, 0.4) is 0 Å². The van der Waals surface area contributed by atoms with Crippen LogP contribution in [0.1, 0.15) is 39.0 Å². The van der Waals surface area contributed by atoms with Crippen molar-refractivity contribution in [3.05, 3.63) is 24.3 Å². The number of urea groups is 1. The monoisotopic (exact) mass is 382 g/mol. The Balaban J connectivity index is 1.77. The summed E-state index contributed by atoms with van der Waals surface area (Å²) < 4.78 is 26.7. The van der Waals surface area contributed by atoms with Crippen LogP contribution in [0.2, 0.25) is 0 Å². The van der Waals surface area contributed by atoms with E-state index in [9.17, 15) is 18.0 Å². The average Bonchev–Trinajstić information content (AvgIpc) is 2.54. The van der Waals surface area contributed by atoms with Crippen molar-refractivity contribution < 1.29 is 18.0 Å². The van der Waals surface area contributed by atoms with Crippen molar-refractivity contribution in [2.45, 2.75) is 45.1 Å². The van der Waals surface area contributed by atoms with Crippen LogP contribution in [0.5, 0.6) is 0 Å². The molecule has 4 N–H and O–H groups in total. The summed E-state index contributed by atoms with van der Waals surface area (Å²) in [5.74, 6) is -0.478. The SMILES string of the molecule is CC(=O)Nc1cccc(NS(=O)(=O)CCNC(=O)NC2CCCCC2)c1. The van der Waals surface area contributed by atoms with Crippen molar-refractivity contribution in [1.29, 1.82) is 0 Å². The molecule has 0 heterocycles. The van der Waals surface area contributed by atoms with Crippen LogP contribution < -0.4 is 20.7 Å². The van der Waals surface area contributed by atoms with Gasteiger partial charge in [-0.3, -0.25) is 9.52 Å². The molecule has 9 heteroatoms. The first-order valence-corrected chi connectivity index (χ1v) is 10.4. The summed E-state index contributed by atoms with van der Waals surface area (Å²) in [6.07, 6.45) is 5.37. The van der Waals surface area contributed by atoms with Gasteiger partial charge in [-0.25, -0.2) is 13.2 Å².